The van der Waals surface area contributed by atoms with Crippen LogP contribution >= 0.6 is 24.0 Å². The van der Waals surface area contributed by atoms with E-state index in [1.165, 1.54) is 25.7 Å². The van der Waals surface area contributed by atoms with Gasteiger partial charge in [0.2, 0.25) is 0 Å². The molecule has 4 atom stereocenters. The van der Waals surface area contributed by atoms with Gasteiger partial charge >= 0.3 is 0 Å². The van der Waals surface area contributed by atoms with E-state index in [9.17, 15) is 0 Å². The molecule has 2 bridgehead atoms. The first kappa shape index (κ1) is 22.2. The van der Waals surface area contributed by atoms with E-state index in [0.717, 1.165) is 45.2 Å². The van der Waals surface area contributed by atoms with Gasteiger partial charge in [-0.25, -0.2) is 0 Å². The molecule has 0 aromatic carbocycles. The number of halogens is 1. The van der Waals surface area contributed by atoms with Gasteiger partial charge in [0.05, 0.1) is 31.5 Å². The van der Waals surface area contributed by atoms with Crippen molar-refractivity contribution in [1.29, 1.82) is 0 Å². The molecule has 0 aliphatic carbocycles. The van der Waals surface area contributed by atoms with Crippen molar-refractivity contribution in [1.82, 2.24) is 15.5 Å². The van der Waals surface area contributed by atoms with Gasteiger partial charge in [-0.2, -0.15) is 0 Å². The third-order valence-corrected chi connectivity index (χ3v) is 6.24. The SMILES string of the molecule is CCC(CC)C(CNC(=NC)NC1CC2CCC1O2)N1CCOCC1.I. The molecular weight excluding hydrogens is 443 g/mol. The van der Waals surface area contributed by atoms with Gasteiger partial charge in [0.1, 0.15) is 0 Å². The highest BCUT2D eigenvalue weighted by Crippen LogP contribution is 2.34. The summed E-state index contributed by atoms with van der Waals surface area (Å²) < 4.78 is 11.5. The summed E-state index contributed by atoms with van der Waals surface area (Å²) >= 11 is 0. The minimum absolute atomic E-state index is 0. The zero-order chi connectivity index (χ0) is 17.6. The Balaban J connectivity index is 0.00000243. The van der Waals surface area contributed by atoms with Crippen LogP contribution in [0.15, 0.2) is 4.99 Å². The fourth-order valence-corrected chi connectivity index (χ4v) is 4.70. The Morgan fingerprint density at radius 2 is 1.92 bits per heavy atom. The number of rotatable bonds is 7. The fourth-order valence-electron chi connectivity index (χ4n) is 4.70. The lowest BCUT2D eigenvalue weighted by Crippen LogP contribution is -2.55. The Morgan fingerprint density at radius 3 is 2.46 bits per heavy atom. The largest absolute Gasteiger partial charge is 0.379 e. The number of ether oxygens (including phenoxy) is 2. The van der Waals surface area contributed by atoms with Crippen LogP contribution in [0.4, 0.5) is 0 Å². The topological polar surface area (TPSA) is 58.1 Å². The van der Waals surface area contributed by atoms with E-state index in [2.05, 4.69) is 34.4 Å². The maximum absolute atomic E-state index is 5.96. The van der Waals surface area contributed by atoms with Crippen molar-refractivity contribution in [2.45, 2.75) is 70.2 Å². The van der Waals surface area contributed by atoms with Gasteiger partial charge in [-0.15, -0.1) is 24.0 Å². The van der Waals surface area contributed by atoms with E-state index in [1.54, 1.807) is 0 Å². The summed E-state index contributed by atoms with van der Waals surface area (Å²) in [6.45, 7) is 9.33. The molecule has 3 aliphatic rings. The summed E-state index contributed by atoms with van der Waals surface area (Å²) in [5.74, 6) is 1.62. The first-order chi connectivity index (χ1) is 12.2. The molecule has 0 aromatic heterocycles. The van der Waals surface area contributed by atoms with Crippen molar-refractivity contribution in [3.8, 4) is 0 Å². The van der Waals surface area contributed by atoms with Crippen molar-refractivity contribution in [2.75, 3.05) is 39.9 Å². The predicted octanol–water partition coefficient (Wildman–Crippen LogP) is 2.23. The van der Waals surface area contributed by atoms with Crippen LogP contribution in [0, 0.1) is 5.92 Å². The van der Waals surface area contributed by atoms with Gasteiger partial charge < -0.3 is 20.1 Å². The third kappa shape index (κ3) is 5.45. The number of nitrogens with one attached hydrogen (secondary N) is 2. The maximum atomic E-state index is 5.96. The Bertz CT molecular complexity index is 441. The van der Waals surface area contributed by atoms with E-state index in [0.29, 0.717) is 30.2 Å². The summed E-state index contributed by atoms with van der Waals surface area (Å²) in [7, 11) is 1.87. The molecule has 3 aliphatic heterocycles. The first-order valence-electron chi connectivity index (χ1n) is 10.2. The summed E-state index contributed by atoms with van der Waals surface area (Å²) in [4.78, 5) is 7.06. The van der Waals surface area contributed by atoms with Crippen molar-refractivity contribution in [3.05, 3.63) is 0 Å². The lowest BCUT2D eigenvalue weighted by atomic mass is 9.92. The lowest BCUT2D eigenvalue weighted by molar-refractivity contribution is 0.00270. The zero-order valence-electron chi connectivity index (χ0n) is 16.6. The Hall–Kier alpha value is -0.120. The number of fused-ring (bicyclic) bond motifs is 2. The Morgan fingerprint density at radius 1 is 1.19 bits per heavy atom. The molecule has 3 saturated heterocycles. The molecule has 0 saturated carbocycles. The van der Waals surface area contributed by atoms with Crippen LogP contribution in [-0.2, 0) is 9.47 Å². The van der Waals surface area contributed by atoms with Crippen LogP contribution in [-0.4, -0.2) is 75.0 Å². The van der Waals surface area contributed by atoms with Crippen molar-refractivity contribution < 1.29 is 9.47 Å². The summed E-state index contributed by atoms with van der Waals surface area (Å²) in [6.07, 6.45) is 6.79. The number of hydrogen-bond donors (Lipinski definition) is 2. The number of morpholine rings is 1. The molecule has 6 nitrogen and oxygen atoms in total. The quantitative estimate of drug-likeness (QED) is 0.333. The van der Waals surface area contributed by atoms with E-state index in [1.807, 2.05) is 7.05 Å². The Kier molecular flexibility index (Phi) is 9.40. The molecule has 0 spiro atoms. The average Bonchev–Trinajstić information content (AvgIpc) is 3.27. The molecule has 4 unspecified atom stereocenters. The van der Waals surface area contributed by atoms with Crippen LogP contribution < -0.4 is 10.6 Å². The highest BCUT2D eigenvalue weighted by atomic mass is 127. The highest BCUT2D eigenvalue weighted by molar-refractivity contribution is 14.0. The molecule has 0 amide bonds. The molecular formula is C19H37IN4O2. The van der Waals surface area contributed by atoms with Gasteiger partial charge in [-0.05, 0) is 25.2 Å². The Labute approximate surface area is 175 Å². The highest BCUT2D eigenvalue weighted by Gasteiger charge is 2.41. The smallest absolute Gasteiger partial charge is 0.191 e. The normalized spacial score (nSPS) is 30.3. The molecule has 26 heavy (non-hydrogen) atoms. The maximum Gasteiger partial charge on any atom is 0.191 e. The zero-order valence-corrected chi connectivity index (χ0v) is 18.9. The first-order valence-corrected chi connectivity index (χ1v) is 10.2. The third-order valence-electron chi connectivity index (χ3n) is 6.24. The minimum Gasteiger partial charge on any atom is -0.379 e. The molecule has 3 rings (SSSR count). The lowest BCUT2D eigenvalue weighted by Gasteiger charge is -2.39. The second-order valence-corrected chi connectivity index (χ2v) is 7.61. The number of aliphatic imine (C=N–C) groups is 1. The van der Waals surface area contributed by atoms with Gasteiger partial charge in [0.25, 0.3) is 0 Å². The van der Waals surface area contributed by atoms with E-state index >= 15 is 0 Å². The predicted molar refractivity (Wildman–Crippen MR) is 116 cm³/mol. The van der Waals surface area contributed by atoms with Crippen LogP contribution in [0.25, 0.3) is 0 Å². The number of guanidine groups is 1. The molecule has 0 radical (unpaired) electrons. The molecule has 2 N–H and O–H groups in total. The van der Waals surface area contributed by atoms with Gasteiger partial charge in [-0.3, -0.25) is 9.89 Å². The summed E-state index contributed by atoms with van der Waals surface area (Å²) in [6, 6.07) is 0.952. The molecule has 3 heterocycles. The second-order valence-electron chi connectivity index (χ2n) is 7.61. The molecule has 7 heteroatoms. The van der Waals surface area contributed by atoms with Crippen LogP contribution in [0.2, 0.25) is 0 Å². The van der Waals surface area contributed by atoms with E-state index in [-0.39, 0.29) is 24.0 Å². The monoisotopic (exact) mass is 480 g/mol. The second kappa shape index (κ2) is 11.0. The van der Waals surface area contributed by atoms with Crippen molar-refractivity contribution in [2.24, 2.45) is 10.9 Å². The standard InChI is InChI=1S/C19H36N4O2.HI/c1-4-14(5-2)17(23-8-10-24-11-9-23)13-21-19(20-3)22-16-12-15-6-7-18(16)25-15;/h14-18H,4-13H2,1-3H3,(H2,20,21,22);1H. The van der Waals surface area contributed by atoms with Crippen LogP contribution in [0.5, 0.6) is 0 Å². The number of nitrogens with zero attached hydrogens (tertiary/aromatic N) is 2. The minimum atomic E-state index is 0. The van der Waals surface area contributed by atoms with Crippen molar-refractivity contribution >= 4 is 29.9 Å². The number of hydrogen-bond acceptors (Lipinski definition) is 4. The van der Waals surface area contributed by atoms with Gasteiger partial charge in [-0.1, -0.05) is 26.7 Å². The van der Waals surface area contributed by atoms with Crippen molar-refractivity contribution in [3.63, 3.8) is 0 Å². The van der Waals surface area contributed by atoms with Crippen LogP contribution in [0.1, 0.15) is 46.0 Å². The molecule has 152 valence electrons. The molecule has 3 fully saturated rings. The van der Waals surface area contributed by atoms with E-state index in [4.69, 9.17) is 9.47 Å². The summed E-state index contributed by atoms with van der Waals surface area (Å²) in [5.41, 5.74) is 0. The molecule has 0 aromatic rings. The van der Waals surface area contributed by atoms with Crippen LogP contribution in [0.3, 0.4) is 0 Å². The fraction of sp³-hybridized carbons (Fsp3) is 0.947. The van der Waals surface area contributed by atoms with Gasteiger partial charge in [0.15, 0.2) is 5.96 Å². The summed E-state index contributed by atoms with van der Waals surface area (Å²) in [5, 5.41) is 7.20. The average molecular weight is 480 g/mol. The van der Waals surface area contributed by atoms with E-state index < -0.39 is 0 Å². The van der Waals surface area contributed by atoms with Gasteiger partial charge in [0, 0.05) is 32.7 Å².